The maximum atomic E-state index is 5.29. The maximum Gasteiger partial charge on any atom is 0.160 e. The predicted molar refractivity (Wildman–Crippen MR) is 247 cm³/mol. The molecule has 0 atom stereocenters. The SMILES string of the molecule is c1ccc(-c2cc(-c3ccc(-c4cc(-c5ccc6c(c5)C5(c7ccccc7-c7ccccc75)c5ccccc5-6)nc(-c5ccccc5)n4)cc3)nc(-c3ccccc3)n2)cc1. The fraction of sp³-hybridized carbons (Fsp3) is 0.0175. The van der Waals surface area contributed by atoms with Crippen LogP contribution in [0.4, 0.5) is 0 Å². The highest BCUT2D eigenvalue weighted by atomic mass is 14.9. The third-order valence-corrected chi connectivity index (χ3v) is 12.4. The molecule has 284 valence electrons. The van der Waals surface area contributed by atoms with Gasteiger partial charge in [0.15, 0.2) is 11.6 Å². The molecule has 10 aromatic rings. The minimum atomic E-state index is -0.440. The van der Waals surface area contributed by atoms with Crippen LogP contribution in [0.2, 0.25) is 0 Å². The van der Waals surface area contributed by atoms with E-state index < -0.39 is 5.41 Å². The summed E-state index contributed by atoms with van der Waals surface area (Å²) in [6, 6.07) is 77.2. The first kappa shape index (κ1) is 34.9. The van der Waals surface area contributed by atoms with E-state index in [0.29, 0.717) is 11.6 Å². The summed E-state index contributed by atoms with van der Waals surface area (Å²) in [4.78, 5) is 20.6. The zero-order valence-electron chi connectivity index (χ0n) is 33.1. The lowest BCUT2D eigenvalue weighted by Crippen LogP contribution is -2.25. The molecular weight excluding hydrogens is 741 g/mol. The number of nitrogens with zero attached hydrogens (tertiary/aromatic N) is 4. The normalized spacial score (nSPS) is 12.7. The standard InChI is InChI=1S/C57H36N4/c1-4-16-37(17-5-1)51-35-52(59-55(58-51)40-18-6-2-7-19-40)38-28-30-39(31-29-38)53-36-54(61-56(60-53)41-20-8-3-9-21-41)42-32-33-46-45-24-12-15-27-49(45)57(50(46)34-42)47-25-13-10-22-43(47)44-23-11-14-26-48(44)57/h1-36H. The molecule has 61 heavy (non-hydrogen) atoms. The fourth-order valence-corrected chi connectivity index (χ4v) is 9.59. The molecule has 2 aliphatic carbocycles. The van der Waals surface area contributed by atoms with Crippen LogP contribution in [0.1, 0.15) is 22.3 Å². The van der Waals surface area contributed by atoms with Gasteiger partial charge in [0.05, 0.1) is 28.2 Å². The van der Waals surface area contributed by atoms with E-state index in [0.717, 1.165) is 56.2 Å². The Labute approximate surface area is 354 Å². The first-order chi connectivity index (χ1) is 30.2. The lowest BCUT2D eigenvalue weighted by molar-refractivity contribution is 0.794. The van der Waals surface area contributed by atoms with Crippen molar-refractivity contribution in [3.05, 3.63) is 241 Å². The van der Waals surface area contributed by atoms with Gasteiger partial charge in [-0.1, -0.05) is 200 Å². The van der Waals surface area contributed by atoms with Gasteiger partial charge >= 0.3 is 0 Å². The van der Waals surface area contributed by atoms with E-state index in [4.69, 9.17) is 19.9 Å². The van der Waals surface area contributed by atoms with Crippen LogP contribution in [0.25, 0.3) is 90.1 Å². The first-order valence-electron chi connectivity index (χ1n) is 20.7. The van der Waals surface area contributed by atoms with Gasteiger partial charge < -0.3 is 0 Å². The summed E-state index contributed by atoms with van der Waals surface area (Å²) in [6.07, 6.45) is 0. The Morgan fingerprint density at radius 1 is 0.230 bits per heavy atom. The molecule has 2 aromatic heterocycles. The van der Waals surface area contributed by atoms with Crippen LogP contribution in [-0.2, 0) is 5.41 Å². The van der Waals surface area contributed by atoms with Gasteiger partial charge in [0, 0.05) is 33.4 Å². The molecule has 0 aliphatic heterocycles. The smallest absolute Gasteiger partial charge is 0.160 e. The summed E-state index contributed by atoms with van der Waals surface area (Å²) in [5.41, 5.74) is 19.4. The molecule has 1 spiro atoms. The van der Waals surface area contributed by atoms with Gasteiger partial charge in [0.2, 0.25) is 0 Å². The molecule has 0 bridgehead atoms. The summed E-state index contributed by atoms with van der Waals surface area (Å²) in [7, 11) is 0. The molecular formula is C57H36N4. The molecule has 0 saturated heterocycles. The summed E-state index contributed by atoms with van der Waals surface area (Å²) < 4.78 is 0. The van der Waals surface area contributed by atoms with Gasteiger partial charge in [0.1, 0.15) is 0 Å². The van der Waals surface area contributed by atoms with Gasteiger partial charge in [-0.2, -0.15) is 0 Å². The second-order valence-corrected chi connectivity index (χ2v) is 15.7. The van der Waals surface area contributed by atoms with Crippen molar-refractivity contribution in [3.8, 4) is 90.1 Å². The summed E-state index contributed by atoms with van der Waals surface area (Å²) in [6.45, 7) is 0. The predicted octanol–water partition coefficient (Wildman–Crippen LogP) is 13.6. The van der Waals surface area contributed by atoms with E-state index in [2.05, 4.69) is 164 Å². The number of fused-ring (bicyclic) bond motifs is 10. The van der Waals surface area contributed by atoms with Gasteiger partial charge in [0.25, 0.3) is 0 Å². The van der Waals surface area contributed by atoms with Crippen molar-refractivity contribution >= 4 is 0 Å². The van der Waals surface area contributed by atoms with Crippen molar-refractivity contribution in [1.82, 2.24) is 19.9 Å². The van der Waals surface area contributed by atoms with Gasteiger partial charge in [-0.05, 0) is 62.7 Å². The highest BCUT2D eigenvalue weighted by molar-refractivity contribution is 5.96. The average molecular weight is 777 g/mol. The zero-order chi connectivity index (χ0) is 40.3. The molecule has 0 unspecified atom stereocenters. The third kappa shape index (κ3) is 5.61. The van der Waals surface area contributed by atoms with Crippen LogP contribution in [0.5, 0.6) is 0 Å². The van der Waals surface area contributed by atoms with Crippen molar-refractivity contribution in [2.45, 2.75) is 5.41 Å². The molecule has 0 radical (unpaired) electrons. The molecule has 0 N–H and O–H groups in total. The van der Waals surface area contributed by atoms with Gasteiger partial charge in [-0.25, -0.2) is 19.9 Å². The Morgan fingerprint density at radius 3 is 0.967 bits per heavy atom. The molecule has 2 aliphatic rings. The van der Waals surface area contributed by atoms with E-state index in [9.17, 15) is 0 Å². The Hall–Kier alpha value is -8.08. The largest absolute Gasteiger partial charge is 0.228 e. The second kappa shape index (κ2) is 14.0. The van der Waals surface area contributed by atoms with Crippen LogP contribution in [0, 0.1) is 0 Å². The van der Waals surface area contributed by atoms with Crippen molar-refractivity contribution in [2.75, 3.05) is 0 Å². The Bertz CT molecular complexity index is 3170. The molecule has 0 amide bonds. The minimum absolute atomic E-state index is 0.440. The maximum absolute atomic E-state index is 5.29. The van der Waals surface area contributed by atoms with Crippen molar-refractivity contribution in [3.63, 3.8) is 0 Å². The summed E-state index contributed by atoms with van der Waals surface area (Å²) in [5.74, 6) is 1.38. The molecule has 8 aromatic carbocycles. The molecule has 2 heterocycles. The number of hydrogen-bond donors (Lipinski definition) is 0. The monoisotopic (exact) mass is 776 g/mol. The lowest BCUT2D eigenvalue weighted by Gasteiger charge is -2.30. The lowest BCUT2D eigenvalue weighted by atomic mass is 9.70. The molecule has 4 heteroatoms. The van der Waals surface area contributed by atoms with Crippen LogP contribution in [-0.4, -0.2) is 19.9 Å². The molecule has 12 rings (SSSR count). The Balaban J connectivity index is 0.998. The number of benzene rings is 8. The van der Waals surface area contributed by atoms with E-state index in [1.54, 1.807) is 0 Å². The van der Waals surface area contributed by atoms with Crippen LogP contribution < -0.4 is 0 Å². The van der Waals surface area contributed by atoms with E-state index in [1.807, 2.05) is 54.6 Å². The van der Waals surface area contributed by atoms with Gasteiger partial charge in [-0.15, -0.1) is 0 Å². The average Bonchev–Trinajstić information content (AvgIpc) is 3.82. The topological polar surface area (TPSA) is 51.6 Å². The fourth-order valence-electron chi connectivity index (χ4n) is 9.59. The second-order valence-electron chi connectivity index (χ2n) is 15.7. The molecule has 0 fully saturated rings. The zero-order valence-corrected chi connectivity index (χ0v) is 33.1. The quantitative estimate of drug-likeness (QED) is 0.169. The number of aromatic nitrogens is 4. The molecule has 4 nitrogen and oxygen atoms in total. The van der Waals surface area contributed by atoms with E-state index in [-0.39, 0.29) is 0 Å². The van der Waals surface area contributed by atoms with Gasteiger partial charge in [-0.3, -0.25) is 0 Å². The Kier molecular flexibility index (Phi) is 8.04. The first-order valence-corrected chi connectivity index (χ1v) is 20.7. The van der Waals surface area contributed by atoms with Crippen LogP contribution in [0.3, 0.4) is 0 Å². The number of rotatable bonds is 6. The molecule has 0 saturated carbocycles. The third-order valence-electron chi connectivity index (χ3n) is 12.4. The van der Waals surface area contributed by atoms with Crippen molar-refractivity contribution in [2.24, 2.45) is 0 Å². The minimum Gasteiger partial charge on any atom is -0.228 e. The van der Waals surface area contributed by atoms with Crippen molar-refractivity contribution < 1.29 is 0 Å². The highest BCUT2D eigenvalue weighted by Crippen LogP contribution is 2.63. The number of hydrogen-bond acceptors (Lipinski definition) is 4. The van der Waals surface area contributed by atoms with Crippen LogP contribution in [0.15, 0.2) is 218 Å². The summed E-state index contributed by atoms with van der Waals surface area (Å²) in [5, 5.41) is 0. The van der Waals surface area contributed by atoms with E-state index in [1.165, 1.54) is 44.5 Å². The highest BCUT2D eigenvalue weighted by Gasteiger charge is 2.51. The van der Waals surface area contributed by atoms with E-state index >= 15 is 0 Å². The Morgan fingerprint density at radius 2 is 0.541 bits per heavy atom. The van der Waals surface area contributed by atoms with Crippen molar-refractivity contribution in [1.29, 1.82) is 0 Å². The van der Waals surface area contributed by atoms with Crippen LogP contribution >= 0.6 is 0 Å². The summed E-state index contributed by atoms with van der Waals surface area (Å²) >= 11 is 0.